The standard InChI is InChI=1S/C13H27N3O3S/c1-5-6-9-15(4)13(17)12-7-10-16(11-8-12)20(18,19)14(2)3/h12H,5-11H2,1-4H3. The molecule has 0 aromatic heterocycles. The molecule has 118 valence electrons. The van der Waals surface area contributed by atoms with Crippen molar-refractivity contribution in [1.29, 1.82) is 0 Å². The average molecular weight is 305 g/mol. The third kappa shape index (κ3) is 4.17. The summed E-state index contributed by atoms with van der Waals surface area (Å²) in [6.07, 6.45) is 3.30. The molecule has 0 aliphatic carbocycles. The van der Waals surface area contributed by atoms with Gasteiger partial charge in [-0.05, 0) is 19.3 Å². The zero-order chi connectivity index (χ0) is 15.3. The first-order valence-electron chi connectivity index (χ1n) is 7.23. The van der Waals surface area contributed by atoms with E-state index in [1.807, 2.05) is 7.05 Å². The minimum Gasteiger partial charge on any atom is -0.346 e. The van der Waals surface area contributed by atoms with Gasteiger partial charge in [-0.1, -0.05) is 13.3 Å². The minimum atomic E-state index is -3.34. The molecule has 0 unspecified atom stereocenters. The molecule has 0 aromatic rings. The van der Waals surface area contributed by atoms with Crippen LogP contribution in [-0.2, 0) is 15.0 Å². The first kappa shape index (κ1) is 17.4. The molecular formula is C13H27N3O3S. The van der Waals surface area contributed by atoms with Crippen molar-refractivity contribution < 1.29 is 13.2 Å². The number of nitrogens with zero attached hydrogens (tertiary/aromatic N) is 3. The molecule has 1 heterocycles. The monoisotopic (exact) mass is 305 g/mol. The topological polar surface area (TPSA) is 60.9 Å². The molecule has 0 spiro atoms. The summed E-state index contributed by atoms with van der Waals surface area (Å²) in [5.74, 6) is 0.116. The van der Waals surface area contributed by atoms with Crippen molar-refractivity contribution in [2.24, 2.45) is 5.92 Å². The van der Waals surface area contributed by atoms with Crippen LogP contribution < -0.4 is 0 Å². The number of carbonyl (C=O) groups excluding carboxylic acids is 1. The van der Waals surface area contributed by atoms with E-state index in [2.05, 4.69) is 6.92 Å². The Bertz CT molecular complexity index is 415. The maximum atomic E-state index is 12.2. The molecule has 1 fully saturated rings. The molecule has 1 rings (SSSR count). The summed E-state index contributed by atoms with van der Waals surface area (Å²) in [5.41, 5.74) is 0. The van der Waals surface area contributed by atoms with Crippen molar-refractivity contribution in [2.75, 3.05) is 40.8 Å². The van der Waals surface area contributed by atoms with Crippen molar-refractivity contribution in [3.8, 4) is 0 Å². The highest BCUT2D eigenvalue weighted by molar-refractivity contribution is 7.86. The van der Waals surface area contributed by atoms with Crippen molar-refractivity contribution in [2.45, 2.75) is 32.6 Å². The highest BCUT2D eigenvalue weighted by Gasteiger charge is 2.33. The molecule has 1 aliphatic rings. The smallest absolute Gasteiger partial charge is 0.281 e. The molecule has 1 aliphatic heterocycles. The minimum absolute atomic E-state index is 0.0366. The van der Waals surface area contributed by atoms with Crippen molar-refractivity contribution in [3.63, 3.8) is 0 Å². The fraction of sp³-hybridized carbons (Fsp3) is 0.923. The molecule has 0 radical (unpaired) electrons. The van der Waals surface area contributed by atoms with E-state index in [-0.39, 0.29) is 11.8 Å². The van der Waals surface area contributed by atoms with E-state index in [9.17, 15) is 13.2 Å². The quantitative estimate of drug-likeness (QED) is 0.728. The molecule has 1 saturated heterocycles. The lowest BCUT2D eigenvalue weighted by molar-refractivity contribution is -0.135. The molecule has 1 amide bonds. The number of piperidine rings is 1. The van der Waals surface area contributed by atoms with Gasteiger partial charge >= 0.3 is 0 Å². The van der Waals surface area contributed by atoms with Crippen LogP contribution in [0.3, 0.4) is 0 Å². The number of hydrogen-bond donors (Lipinski definition) is 0. The summed E-state index contributed by atoms with van der Waals surface area (Å²) in [5, 5.41) is 0. The first-order valence-corrected chi connectivity index (χ1v) is 8.63. The molecular weight excluding hydrogens is 278 g/mol. The summed E-state index contributed by atoms with van der Waals surface area (Å²) < 4.78 is 26.7. The number of rotatable bonds is 6. The maximum absolute atomic E-state index is 12.2. The summed E-state index contributed by atoms with van der Waals surface area (Å²) in [6.45, 7) is 3.74. The van der Waals surface area contributed by atoms with Crippen molar-refractivity contribution in [3.05, 3.63) is 0 Å². The van der Waals surface area contributed by atoms with E-state index in [4.69, 9.17) is 0 Å². The second-order valence-corrected chi connectivity index (χ2v) is 7.72. The van der Waals surface area contributed by atoms with Crippen molar-refractivity contribution >= 4 is 16.1 Å². The number of amides is 1. The maximum Gasteiger partial charge on any atom is 0.281 e. The van der Waals surface area contributed by atoms with E-state index in [1.54, 1.807) is 4.90 Å². The molecule has 7 heteroatoms. The first-order chi connectivity index (χ1) is 9.30. The fourth-order valence-electron chi connectivity index (χ4n) is 2.38. The zero-order valence-corrected chi connectivity index (χ0v) is 13.8. The van der Waals surface area contributed by atoms with E-state index in [0.29, 0.717) is 25.9 Å². The van der Waals surface area contributed by atoms with E-state index in [0.717, 1.165) is 19.4 Å². The lowest BCUT2D eigenvalue weighted by Gasteiger charge is -2.33. The van der Waals surface area contributed by atoms with Crippen LogP contribution in [0, 0.1) is 5.92 Å². The van der Waals surface area contributed by atoms with Gasteiger partial charge in [0.05, 0.1) is 0 Å². The van der Waals surface area contributed by atoms with Gasteiger partial charge in [-0.15, -0.1) is 0 Å². The van der Waals surface area contributed by atoms with Gasteiger partial charge in [0, 0.05) is 46.7 Å². The van der Waals surface area contributed by atoms with Gasteiger partial charge in [-0.2, -0.15) is 17.0 Å². The molecule has 0 aromatic carbocycles. The Labute approximate surface area is 122 Å². The lowest BCUT2D eigenvalue weighted by Crippen LogP contribution is -2.47. The Morgan fingerprint density at radius 1 is 1.20 bits per heavy atom. The molecule has 20 heavy (non-hydrogen) atoms. The Kier molecular flexibility index (Phi) is 6.42. The van der Waals surface area contributed by atoms with E-state index < -0.39 is 10.2 Å². The third-order valence-electron chi connectivity index (χ3n) is 3.81. The number of carbonyl (C=O) groups is 1. The molecule has 0 saturated carbocycles. The Morgan fingerprint density at radius 2 is 1.75 bits per heavy atom. The van der Waals surface area contributed by atoms with Crippen LogP contribution >= 0.6 is 0 Å². The van der Waals surface area contributed by atoms with E-state index in [1.165, 1.54) is 22.7 Å². The van der Waals surface area contributed by atoms with Gasteiger partial charge in [0.2, 0.25) is 5.91 Å². The highest BCUT2D eigenvalue weighted by atomic mass is 32.2. The van der Waals surface area contributed by atoms with Crippen LogP contribution in [0.5, 0.6) is 0 Å². The van der Waals surface area contributed by atoms with Gasteiger partial charge in [-0.3, -0.25) is 4.79 Å². The summed E-state index contributed by atoms with van der Waals surface area (Å²) >= 11 is 0. The van der Waals surface area contributed by atoms with Gasteiger partial charge < -0.3 is 4.90 Å². The largest absolute Gasteiger partial charge is 0.346 e. The molecule has 0 N–H and O–H groups in total. The molecule has 0 bridgehead atoms. The average Bonchev–Trinajstić information content (AvgIpc) is 2.43. The fourth-order valence-corrected chi connectivity index (χ4v) is 3.52. The lowest BCUT2D eigenvalue weighted by atomic mass is 9.96. The van der Waals surface area contributed by atoms with Crippen LogP contribution in [0.1, 0.15) is 32.6 Å². The zero-order valence-electron chi connectivity index (χ0n) is 13.0. The third-order valence-corrected chi connectivity index (χ3v) is 5.75. The predicted octanol–water partition coefficient (Wildman–Crippen LogP) is 0.763. The molecule has 0 atom stereocenters. The van der Waals surface area contributed by atoms with Crippen LogP contribution in [0.4, 0.5) is 0 Å². The van der Waals surface area contributed by atoms with Gasteiger partial charge in [0.15, 0.2) is 0 Å². The van der Waals surface area contributed by atoms with Gasteiger partial charge in [-0.25, -0.2) is 0 Å². The Hall–Kier alpha value is -0.660. The summed E-state index contributed by atoms with van der Waals surface area (Å²) in [7, 11) is 1.56. The van der Waals surface area contributed by atoms with Crippen molar-refractivity contribution in [1.82, 2.24) is 13.5 Å². The number of hydrogen-bond acceptors (Lipinski definition) is 3. The second-order valence-electron chi connectivity index (χ2n) is 5.58. The van der Waals surface area contributed by atoms with Crippen LogP contribution in [-0.4, -0.2) is 68.6 Å². The molecule has 6 nitrogen and oxygen atoms in total. The van der Waals surface area contributed by atoms with Gasteiger partial charge in [0.1, 0.15) is 0 Å². The Balaban J connectivity index is 2.52. The van der Waals surface area contributed by atoms with E-state index >= 15 is 0 Å². The normalized spacial score (nSPS) is 18.4. The SMILES string of the molecule is CCCCN(C)C(=O)C1CCN(S(=O)(=O)N(C)C)CC1. The summed E-state index contributed by atoms with van der Waals surface area (Å²) in [6, 6.07) is 0. The number of unbranched alkanes of at least 4 members (excludes halogenated alkanes) is 1. The van der Waals surface area contributed by atoms with Gasteiger partial charge in [0.25, 0.3) is 10.2 Å². The van der Waals surface area contributed by atoms with Crippen LogP contribution in [0.25, 0.3) is 0 Å². The van der Waals surface area contributed by atoms with Crippen LogP contribution in [0.2, 0.25) is 0 Å². The second kappa shape index (κ2) is 7.38. The summed E-state index contributed by atoms with van der Waals surface area (Å²) in [4.78, 5) is 14.0. The van der Waals surface area contributed by atoms with Crippen LogP contribution in [0.15, 0.2) is 0 Å². The predicted molar refractivity (Wildman–Crippen MR) is 79.4 cm³/mol. The highest BCUT2D eigenvalue weighted by Crippen LogP contribution is 2.22. The Morgan fingerprint density at radius 3 is 2.20 bits per heavy atom.